The number of likely N-dealkylation sites (tertiary alicyclic amines) is 2. The molecule has 24 heteroatoms. The number of imidazole rings is 2. The number of aliphatic hydroxyl groups is 4. The molecule has 6 unspecified atom stereocenters. The molecular weight excluding hydrogens is 1130 g/mol. The minimum absolute atomic E-state index is 0.0562. The lowest BCUT2D eigenvalue weighted by Crippen LogP contribution is -2.50. The maximum Gasteiger partial charge on any atom is 0.255 e. The van der Waals surface area contributed by atoms with E-state index in [0.29, 0.717) is 46.2 Å². The lowest BCUT2D eigenvalue weighted by Gasteiger charge is -2.29. The number of amides is 4. The zero-order valence-corrected chi connectivity index (χ0v) is 49.4. The van der Waals surface area contributed by atoms with Crippen LogP contribution in [0.25, 0.3) is 22.1 Å². The van der Waals surface area contributed by atoms with Crippen molar-refractivity contribution in [3.8, 4) is 0 Å². The van der Waals surface area contributed by atoms with Crippen LogP contribution in [0, 0.1) is 13.8 Å². The van der Waals surface area contributed by atoms with E-state index in [-0.39, 0.29) is 25.2 Å². The number of benzene rings is 4. The normalized spacial score (nSPS) is 16.6. The van der Waals surface area contributed by atoms with E-state index in [2.05, 4.69) is 30.6 Å². The molecule has 4 aromatic carbocycles. The Bertz CT molecular complexity index is 3600. The number of hydrogen-bond donors (Lipinski definition) is 6. The summed E-state index contributed by atoms with van der Waals surface area (Å²) in [7, 11) is 7.78. The van der Waals surface area contributed by atoms with Gasteiger partial charge in [-0.15, -0.1) is 22.7 Å². The number of nitrogens with one attached hydrogen (secondary N) is 2. The average molecular weight is 1190 g/mol. The first-order chi connectivity index (χ1) is 39.2. The monoisotopic (exact) mass is 1190 g/mol. The maximum absolute atomic E-state index is 13.2. The minimum Gasteiger partial charge on any atom is -0.380 e. The Morgan fingerprint density at radius 3 is 1.52 bits per heavy atom. The Labute approximate surface area is 492 Å². The molecule has 0 saturated carbocycles. The van der Waals surface area contributed by atoms with Gasteiger partial charge in [0, 0.05) is 73.5 Å². The molecule has 4 amide bonds. The number of aryl methyl sites for hydroxylation is 2. The van der Waals surface area contributed by atoms with Crippen LogP contribution in [0.5, 0.6) is 0 Å². The number of aromatic nitrogens is 6. The summed E-state index contributed by atoms with van der Waals surface area (Å²) >= 11 is 15.0. The van der Waals surface area contributed by atoms with Crippen LogP contribution in [0.4, 0.5) is 11.4 Å². The van der Waals surface area contributed by atoms with Crippen molar-refractivity contribution in [2.75, 3.05) is 51.1 Å². The molecule has 0 bridgehead atoms. The van der Waals surface area contributed by atoms with Crippen molar-refractivity contribution in [2.24, 2.45) is 0 Å². The van der Waals surface area contributed by atoms with E-state index in [9.17, 15) is 39.6 Å². The van der Waals surface area contributed by atoms with E-state index in [1.807, 2.05) is 151 Å². The number of carbonyl (C=O) groups excluding carboxylic acids is 4. The fraction of sp³-hybridized carbons (Fsp3) is 0.379. The lowest BCUT2D eigenvalue weighted by molar-refractivity contribution is -0.153. The Hall–Kier alpha value is -7.02. The van der Waals surface area contributed by atoms with Crippen molar-refractivity contribution >= 4 is 103 Å². The van der Waals surface area contributed by atoms with Crippen LogP contribution in [-0.4, -0.2) is 149 Å². The highest BCUT2D eigenvalue weighted by Gasteiger charge is 2.40. The first-order valence-corrected chi connectivity index (χ1v) is 29.3. The van der Waals surface area contributed by atoms with Crippen LogP contribution in [0.15, 0.2) is 95.7 Å². The zero-order chi connectivity index (χ0) is 58.5. The summed E-state index contributed by atoms with van der Waals surface area (Å²) in [4.78, 5) is 77.1. The fourth-order valence-corrected chi connectivity index (χ4v) is 12.2. The van der Waals surface area contributed by atoms with Gasteiger partial charge in [0.25, 0.3) is 23.6 Å². The largest absolute Gasteiger partial charge is 0.380 e. The van der Waals surface area contributed by atoms with Gasteiger partial charge in [-0.1, -0.05) is 47.5 Å². The zero-order valence-electron chi connectivity index (χ0n) is 46.2. The Morgan fingerprint density at radius 2 is 1.04 bits per heavy atom. The second-order valence-corrected chi connectivity index (χ2v) is 23.6. The summed E-state index contributed by atoms with van der Waals surface area (Å²) in [5, 5.41) is 53.9. The van der Waals surface area contributed by atoms with Crippen molar-refractivity contribution in [2.45, 2.75) is 102 Å². The Balaban J connectivity index is 0.000000198. The third-order valence-corrected chi connectivity index (χ3v) is 17.0. The highest BCUT2D eigenvalue weighted by atomic mass is 35.5. The number of carbonyl (C=O) groups is 4. The van der Waals surface area contributed by atoms with Gasteiger partial charge in [-0.2, -0.15) is 0 Å². The molecule has 20 nitrogen and oxygen atoms in total. The molecule has 0 radical (unpaired) electrons. The van der Waals surface area contributed by atoms with Gasteiger partial charge in [0.15, 0.2) is 24.4 Å². The lowest BCUT2D eigenvalue weighted by atomic mass is 10.0. The molecule has 2 aliphatic rings. The molecule has 2 saturated heterocycles. The van der Waals surface area contributed by atoms with E-state index in [0.717, 1.165) is 93.3 Å². The van der Waals surface area contributed by atoms with E-state index >= 15 is 0 Å². The number of halogens is 2. The standard InChI is InChI=1S/2C29H33ClN6O4S/c1-17-32-22-13-19(30)9-10-24(22)36(17)15-20-16-41-25(33-20)14-31-28(39)26(37)27(38)29(40)35-11-5-8-23(35)18-6-4-7-21(12-18)34(2)3;1-17-32-22-10-9-19(30)13-24(22)36(17)15-20-16-41-25(33-20)14-31-28(39)26(37)27(38)29(40)35-11-5-8-23(35)18-6-4-7-21(12-18)34(2)3/h2*4,6-7,9-10,12-13,16,23,26-27,37-38H,5,8,11,14-15H2,1-3H3,(H,31,39). The molecule has 2 fully saturated rings. The quantitative estimate of drug-likeness (QED) is 0.0534. The van der Waals surface area contributed by atoms with Gasteiger partial charge in [0.1, 0.15) is 21.7 Å². The molecule has 6 atom stereocenters. The average Bonchev–Trinajstić information content (AvgIpc) is 4.55. The van der Waals surface area contributed by atoms with Crippen molar-refractivity contribution in [3.05, 3.63) is 150 Å². The van der Waals surface area contributed by atoms with Crippen molar-refractivity contribution in [1.82, 2.24) is 49.5 Å². The number of fused-ring (bicyclic) bond motifs is 2. The first kappa shape index (κ1) is 59.6. The number of anilines is 2. The number of nitrogens with zero attached hydrogens (tertiary/aromatic N) is 10. The molecule has 2 aliphatic heterocycles. The summed E-state index contributed by atoms with van der Waals surface area (Å²) in [5.41, 5.74) is 9.01. The van der Waals surface area contributed by atoms with Crippen molar-refractivity contribution in [3.63, 3.8) is 0 Å². The molecular formula is C58H66Cl2N12O8S2. The molecule has 0 aliphatic carbocycles. The third kappa shape index (κ3) is 13.6. The summed E-state index contributed by atoms with van der Waals surface area (Å²) in [6.07, 6.45) is -4.52. The molecule has 432 valence electrons. The Morgan fingerprint density at radius 1 is 0.585 bits per heavy atom. The minimum atomic E-state index is -1.90. The van der Waals surface area contributed by atoms with Crippen LogP contribution in [0.2, 0.25) is 10.0 Å². The molecule has 8 aromatic rings. The predicted octanol–water partition coefficient (Wildman–Crippen LogP) is 6.54. The topological polar surface area (TPSA) is 248 Å². The number of hydrogen-bond acceptors (Lipinski definition) is 16. The summed E-state index contributed by atoms with van der Waals surface area (Å²) in [6.45, 7) is 5.82. The van der Waals surface area contributed by atoms with Gasteiger partial charge < -0.3 is 59.8 Å². The van der Waals surface area contributed by atoms with Crippen LogP contribution in [0.1, 0.15) is 81.9 Å². The highest BCUT2D eigenvalue weighted by Crippen LogP contribution is 2.36. The summed E-state index contributed by atoms with van der Waals surface area (Å²) < 4.78 is 4.06. The fourth-order valence-electron chi connectivity index (χ4n) is 10.4. The summed E-state index contributed by atoms with van der Waals surface area (Å²) in [5.74, 6) is -1.33. The van der Waals surface area contributed by atoms with Gasteiger partial charge in [-0.05, 0) is 111 Å². The maximum atomic E-state index is 13.2. The second-order valence-electron chi connectivity index (χ2n) is 20.8. The first-order valence-electron chi connectivity index (χ1n) is 26.8. The van der Waals surface area contributed by atoms with E-state index in [4.69, 9.17) is 23.2 Å². The van der Waals surface area contributed by atoms with Gasteiger partial charge >= 0.3 is 0 Å². The van der Waals surface area contributed by atoms with Crippen LogP contribution >= 0.6 is 45.9 Å². The van der Waals surface area contributed by atoms with E-state index < -0.39 is 48.0 Å². The Kier molecular flexibility index (Phi) is 18.9. The molecule has 0 spiro atoms. The van der Waals surface area contributed by atoms with E-state index in [1.54, 1.807) is 15.9 Å². The molecule has 4 aromatic heterocycles. The number of rotatable bonds is 18. The number of aliphatic hydroxyl groups excluding tert-OH is 4. The van der Waals surface area contributed by atoms with Crippen molar-refractivity contribution in [1.29, 1.82) is 0 Å². The smallest absolute Gasteiger partial charge is 0.255 e. The van der Waals surface area contributed by atoms with Crippen LogP contribution in [-0.2, 0) is 45.4 Å². The molecule has 6 N–H and O–H groups in total. The highest BCUT2D eigenvalue weighted by molar-refractivity contribution is 7.09. The number of thiazole rings is 2. The van der Waals surface area contributed by atoms with Gasteiger partial charge in [0.2, 0.25) is 0 Å². The van der Waals surface area contributed by atoms with Crippen molar-refractivity contribution < 1.29 is 39.6 Å². The summed E-state index contributed by atoms with van der Waals surface area (Å²) in [6, 6.07) is 26.4. The predicted molar refractivity (Wildman–Crippen MR) is 318 cm³/mol. The van der Waals surface area contributed by atoms with Crippen LogP contribution < -0.4 is 20.4 Å². The molecule has 6 heterocycles. The third-order valence-electron chi connectivity index (χ3n) is 14.7. The SMILES string of the molecule is Cc1nc2cc(Cl)ccc2n1Cc1csc(CNC(=O)C(O)C(O)C(=O)N2CCCC2c2cccc(N(C)C)c2)n1.Cc1nc2ccc(Cl)cc2n1Cc1csc(CNC(=O)C(O)C(O)C(=O)N2CCCC2c2cccc(N(C)C)c2)n1. The van der Waals surface area contributed by atoms with Gasteiger partial charge in [0.05, 0.1) is 71.7 Å². The van der Waals surface area contributed by atoms with E-state index in [1.165, 1.54) is 22.7 Å². The van der Waals surface area contributed by atoms with Crippen LogP contribution in [0.3, 0.4) is 0 Å². The van der Waals surface area contributed by atoms with Gasteiger partial charge in [-0.25, -0.2) is 19.9 Å². The molecule has 82 heavy (non-hydrogen) atoms. The molecule has 10 rings (SSSR count). The van der Waals surface area contributed by atoms with Gasteiger partial charge in [-0.3, -0.25) is 19.2 Å². The second kappa shape index (κ2) is 26.1.